The van der Waals surface area contributed by atoms with Crippen LogP contribution in [0.5, 0.6) is 0 Å². The van der Waals surface area contributed by atoms with Crippen LogP contribution in [0.1, 0.15) is 17.9 Å². The highest BCUT2D eigenvalue weighted by Gasteiger charge is 2.38. The number of amides is 1. The summed E-state index contributed by atoms with van der Waals surface area (Å²) in [6.45, 7) is 2.91. The average molecular weight is 269 g/mol. The van der Waals surface area contributed by atoms with Crippen LogP contribution in [0.3, 0.4) is 0 Å². The second-order valence-corrected chi connectivity index (χ2v) is 5.64. The standard InChI is InChI=1S/C13H16FNO2S/c1-9-12(16)15(6-7-17-2)13(18-9)10-4-3-5-11(14)8-10/h3-5,8-9,13H,6-7H2,1-2H3/t9-,13+/m1/s1. The molecule has 0 aromatic heterocycles. The summed E-state index contributed by atoms with van der Waals surface area (Å²) in [5, 5.41) is -0.200. The van der Waals surface area contributed by atoms with Crippen molar-refractivity contribution < 1.29 is 13.9 Å². The Hall–Kier alpha value is -1.07. The fourth-order valence-electron chi connectivity index (χ4n) is 2.01. The first-order valence-corrected chi connectivity index (χ1v) is 6.78. The topological polar surface area (TPSA) is 29.5 Å². The predicted molar refractivity (Wildman–Crippen MR) is 69.8 cm³/mol. The molecule has 3 nitrogen and oxygen atoms in total. The van der Waals surface area contributed by atoms with Gasteiger partial charge in [0, 0.05) is 13.7 Å². The van der Waals surface area contributed by atoms with Gasteiger partial charge in [-0.3, -0.25) is 4.79 Å². The van der Waals surface area contributed by atoms with Gasteiger partial charge >= 0.3 is 0 Å². The number of benzene rings is 1. The van der Waals surface area contributed by atoms with Gasteiger partial charge in [-0.15, -0.1) is 11.8 Å². The van der Waals surface area contributed by atoms with Crippen LogP contribution in [0.4, 0.5) is 4.39 Å². The minimum Gasteiger partial charge on any atom is -0.383 e. The van der Waals surface area contributed by atoms with E-state index in [2.05, 4.69) is 0 Å². The molecule has 1 fully saturated rings. The molecule has 0 aliphatic carbocycles. The van der Waals surface area contributed by atoms with E-state index in [9.17, 15) is 9.18 Å². The van der Waals surface area contributed by atoms with Crippen molar-refractivity contribution >= 4 is 17.7 Å². The SMILES string of the molecule is COCCN1C(=O)[C@@H](C)S[C@H]1c1cccc(F)c1. The van der Waals surface area contributed by atoms with Crippen molar-refractivity contribution in [3.63, 3.8) is 0 Å². The Balaban J connectivity index is 2.22. The molecule has 0 unspecified atom stereocenters. The number of methoxy groups -OCH3 is 1. The normalized spacial score (nSPS) is 23.7. The zero-order valence-electron chi connectivity index (χ0n) is 10.4. The van der Waals surface area contributed by atoms with E-state index in [-0.39, 0.29) is 22.3 Å². The molecule has 1 aromatic carbocycles. The Morgan fingerprint density at radius 1 is 1.50 bits per heavy atom. The number of thioether (sulfide) groups is 1. The lowest BCUT2D eigenvalue weighted by molar-refractivity contribution is -0.130. The number of carbonyl (C=O) groups is 1. The second kappa shape index (κ2) is 5.71. The van der Waals surface area contributed by atoms with E-state index in [0.29, 0.717) is 13.2 Å². The van der Waals surface area contributed by atoms with E-state index in [1.165, 1.54) is 12.1 Å². The lowest BCUT2D eigenvalue weighted by Gasteiger charge is -2.23. The van der Waals surface area contributed by atoms with Gasteiger partial charge in [0.15, 0.2) is 0 Å². The third-order valence-corrected chi connectivity index (χ3v) is 4.31. The summed E-state index contributed by atoms with van der Waals surface area (Å²) in [5.74, 6) is -0.182. The maximum Gasteiger partial charge on any atom is 0.236 e. The highest BCUT2D eigenvalue weighted by atomic mass is 32.2. The molecule has 1 aromatic rings. The Morgan fingerprint density at radius 3 is 2.94 bits per heavy atom. The molecule has 98 valence electrons. The highest BCUT2D eigenvalue weighted by Crippen LogP contribution is 2.42. The molecule has 0 saturated carbocycles. The quantitative estimate of drug-likeness (QED) is 0.841. The van der Waals surface area contributed by atoms with Gasteiger partial charge in [0.25, 0.3) is 0 Å². The van der Waals surface area contributed by atoms with Crippen molar-refractivity contribution in [3.05, 3.63) is 35.6 Å². The first-order chi connectivity index (χ1) is 8.63. The van der Waals surface area contributed by atoms with Crippen molar-refractivity contribution in [2.75, 3.05) is 20.3 Å². The van der Waals surface area contributed by atoms with Crippen LogP contribution in [-0.2, 0) is 9.53 Å². The summed E-state index contributed by atoms with van der Waals surface area (Å²) < 4.78 is 18.3. The lowest BCUT2D eigenvalue weighted by atomic mass is 10.2. The Labute approximate surface area is 110 Å². The summed E-state index contributed by atoms with van der Waals surface area (Å²) in [6.07, 6.45) is 0. The molecular formula is C13H16FNO2S. The molecule has 1 amide bonds. The van der Waals surface area contributed by atoms with Crippen molar-refractivity contribution in [2.45, 2.75) is 17.5 Å². The molecule has 1 aliphatic heterocycles. The van der Waals surface area contributed by atoms with Gasteiger partial charge in [0.05, 0.1) is 11.9 Å². The molecule has 0 spiro atoms. The molecule has 2 rings (SSSR count). The lowest BCUT2D eigenvalue weighted by Crippen LogP contribution is -2.33. The predicted octanol–water partition coefficient (Wildman–Crippen LogP) is 2.43. The third kappa shape index (κ3) is 2.67. The number of halogens is 1. The zero-order chi connectivity index (χ0) is 13.1. The number of carbonyl (C=O) groups excluding carboxylic acids is 1. The van der Waals surface area contributed by atoms with Gasteiger partial charge in [-0.05, 0) is 24.6 Å². The maximum absolute atomic E-state index is 13.3. The second-order valence-electron chi connectivity index (χ2n) is 4.21. The number of rotatable bonds is 4. The summed E-state index contributed by atoms with van der Waals surface area (Å²) >= 11 is 1.55. The Bertz CT molecular complexity index is 441. The van der Waals surface area contributed by atoms with Gasteiger partial charge in [0.2, 0.25) is 5.91 Å². The van der Waals surface area contributed by atoms with Crippen LogP contribution in [0, 0.1) is 5.82 Å². The number of hydrogen-bond donors (Lipinski definition) is 0. The largest absolute Gasteiger partial charge is 0.383 e. The number of hydrogen-bond acceptors (Lipinski definition) is 3. The fourth-order valence-corrected chi connectivity index (χ4v) is 3.31. The van der Waals surface area contributed by atoms with E-state index in [1.807, 2.05) is 13.0 Å². The van der Waals surface area contributed by atoms with Gasteiger partial charge in [-0.2, -0.15) is 0 Å². The first-order valence-electron chi connectivity index (χ1n) is 5.84. The van der Waals surface area contributed by atoms with E-state index in [1.54, 1.807) is 29.8 Å². The minimum atomic E-state index is -0.271. The molecule has 1 saturated heterocycles. The van der Waals surface area contributed by atoms with E-state index < -0.39 is 0 Å². The van der Waals surface area contributed by atoms with Crippen molar-refractivity contribution in [1.29, 1.82) is 0 Å². The maximum atomic E-state index is 13.3. The molecule has 1 heterocycles. The Kier molecular flexibility index (Phi) is 4.24. The van der Waals surface area contributed by atoms with Crippen LogP contribution in [0.15, 0.2) is 24.3 Å². The number of ether oxygens (including phenoxy) is 1. The average Bonchev–Trinajstić information content (AvgIpc) is 2.64. The first kappa shape index (κ1) is 13.4. The molecular weight excluding hydrogens is 253 g/mol. The minimum absolute atomic E-state index is 0.0878. The molecule has 18 heavy (non-hydrogen) atoms. The fraction of sp³-hybridized carbons (Fsp3) is 0.462. The summed E-state index contributed by atoms with van der Waals surface area (Å²) in [5.41, 5.74) is 0.828. The molecule has 1 aliphatic rings. The van der Waals surface area contributed by atoms with Crippen molar-refractivity contribution in [2.24, 2.45) is 0 Å². The zero-order valence-corrected chi connectivity index (χ0v) is 11.2. The Morgan fingerprint density at radius 2 is 2.28 bits per heavy atom. The molecule has 0 bridgehead atoms. The van der Waals surface area contributed by atoms with E-state index >= 15 is 0 Å². The van der Waals surface area contributed by atoms with Crippen LogP contribution in [0.2, 0.25) is 0 Å². The monoisotopic (exact) mass is 269 g/mol. The molecule has 0 N–H and O–H groups in total. The summed E-state index contributed by atoms with van der Waals surface area (Å²) in [4.78, 5) is 13.8. The summed E-state index contributed by atoms with van der Waals surface area (Å²) in [6, 6.07) is 6.43. The van der Waals surface area contributed by atoms with Gasteiger partial charge in [-0.1, -0.05) is 12.1 Å². The van der Waals surface area contributed by atoms with Gasteiger partial charge in [-0.25, -0.2) is 4.39 Å². The summed E-state index contributed by atoms with van der Waals surface area (Å²) in [7, 11) is 1.61. The van der Waals surface area contributed by atoms with Crippen LogP contribution in [0.25, 0.3) is 0 Å². The van der Waals surface area contributed by atoms with Gasteiger partial charge in [0.1, 0.15) is 11.2 Å². The molecule has 0 radical (unpaired) electrons. The van der Waals surface area contributed by atoms with E-state index in [0.717, 1.165) is 5.56 Å². The van der Waals surface area contributed by atoms with Crippen LogP contribution >= 0.6 is 11.8 Å². The van der Waals surface area contributed by atoms with Crippen molar-refractivity contribution in [3.8, 4) is 0 Å². The molecule has 5 heteroatoms. The van der Waals surface area contributed by atoms with Gasteiger partial charge < -0.3 is 9.64 Å². The number of nitrogens with zero attached hydrogens (tertiary/aromatic N) is 1. The smallest absolute Gasteiger partial charge is 0.236 e. The van der Waals surface area contributed by atoms with Crippen molar-refractivity contribution in [1.82, 2.24) is 4.90 Å². The van der Waals surface area contributed by atoms with Crippen LogP contribution < -0.4 is 0 Å². The molecule has 2 atom stereocenters. The van der Waals surface area contributed by atoms with Crippen LogP contribution in [-0.4, -0.2) is 36.3 Å². The van der Waals surface area contributed by atoms with E-state index in [4.69, 9.17) is 4.74 Å². The third-order valence-electron chi connectivity index (χ3n) is 2.92. The highest BCUT2D eigenvalue weighted by molar-refractivity contribution is 8.01.